The van der Waals surface area contributed by atoms with E-state index in [2.05, 4.69) is 11.8 Å². The minimum absolute atomic E-state index is 0.144. The summed E-state index contributed by atoms with van der Waals surface area (Å²) < 4.78 is 11.3. The average Bonchev–Trinajstić information content (AvgIpc) is 3.15. The van der Waals surface area contributed by atoms with Crippen LogP contribution >= 0.6 is 0 Å². The first-order valence-electron chi connectivity index (χ1n) is 10.3. The van der Waals surface area contributed by atoms with E-state index in [9.17, 15) is 14.7 Å². The van der Waals surface area contributed by atoms with Crippen molar-refractivity contribution in [2.24, 2.45) is 5.41 Å². The van der Waals surface area contributed by atoms with E-state index < -0.39 is 23.4 Å². The van der Waals surface area contributed by atoms with Crippen LogP contribution < -0.4 is 9.47 Å². The van der Waals surface area contributed by atoms with Crippen molar-refractivity contribution in [2.75, 3.05) is 26.8 Å². The molecule has 0 bridgehead atoms. The molecule has 3 rings (SSSR count). The van der Waals surface area contributed by atoms with Crippen LogP contribution in [0.15, 0.2) is 48.5 Å². The first kappa shape index (κ1) is 23.2. The molecule has 1 aliphatic rings. The number of carbonyl (C=O) groups excluding carboxylic acids is 1. The van der Waals surface area contributed by atoms with Crippen LogP contribution in [0.2, 0.25) is 0 Å². The lowest BCUT2D eigenvalue weighted by molar-refractivity contribution is -0.155. The van der Waals surface area contributed by atoms with Crippen LogP contribution in [0.25, 0.3) is 0 Å². The van der Waals surface area contributed by atoms with Gasteiger partial charge in [-0.2, -0.15) is 0 Å². The Hall–Kier alpha value is -3.50. The SMILES string of the molecule is COc1ccc([C@@H]2CN(C(=O)C(=O)O)C[C@@]2(C)[C@@H](C)O)cc1OCC#Cc1ccccc1. The molecule has 2 aromatic rings. The maximum Gasteiger partial charge on any atom is 0.394 e. The fourth-order valence-corrected chi connectivity index (χ4v) is 4.01. The molecular formula is C25H27NO6. The van der Waals surface area contributed by atoms with Crippen molar-refractivity contribution in [3.05, 3.63) is 59.7 Å². The molecule has 0 radical (unpaired) electrons. The van der Waals surface area contributed by atoms with Gasteiger partial charge in [-0.1, -0.05) is 43.0 Å². The molecule has 1 amide bonds. The maximum atomic E-state index is 12.1. The number of aliphatic hydroxyl groups is 1. The molecule has 1 heterocycles. The van der Waals surface area contributed by atoms with Crippen molar-refractivity contribution in [3.8, 4) is 23.3 Å². The Morgan fingerprint density at radius 3 is 2.56 bits per heavy atom. The summed E-state index contributed by atoms with van der Waals surface area (Å²) in [6.07, 6.45) is -0.762. The Balaban J connectivity index is 1.84. The van der Waals surface area contributed by atoms with Gasteiger partial charge in [0.2, 0.25) is 0 Å². The third-order valence-electron chi connectivity index (χ3n) is 6.05. The van der Waals surface area contributed by atoms with Gasteiger partial charge in [0.1, 0.15) is 6.61 Å². The van der Waals surface area contributed by atoms with E-state index in [1.54, 1.807) is 20.1 Å². The molecule has 1 fully saturated rings. The number of aliphatic carboxylic acids is 1. The second-order valence-corrected chi connectivity index (χ2v) is 8.09. The van der Waals surface area contributed by atoms with Gasteiger partial charge in [0.05, 0.1) is 13.2 Å². The molecule has 32 heavy (non-hydrogen) atoms. The topological polar surface area (TPSA) is 96.3 Å². The number of carboxylic acids is 1. The molecule has 1 aliphatic heterocycles. The number of likely N-dealkylation sites (tertiary alicyclic amines) is 1. The minimum atomic E-state index is -1.51. The van der Waals surface area contributed by atoms with Crippen molar-refractivity contribution in [1.82, 2.24) is 4.90 Å². The van der Waals surface area contributed by atoms with Gasteiger partial charge in [-0.3, -0.25) is 4.79 Å². The van der Waals surface area contributed by atoms with Crippen molar-refractivity contribution >= 4 is 11.9 Å². The van der Waals surface area contributed by atoms with Gasteiger partial charge in [0.15, 0.2) is 11.5 Å². The van der Waals surface area contributed by atoms with E-state index in [4.69, 9.17) is 14.6 Å². The predicted molar refractivity (Wildman–Crippen MR) is 119 cm³/mol. The molecule has 0 aliphatic carbocycles. The molecule has 7 heteroatoms. The highest BCUT2D eigenvalue weighted by atomic mass is 16.5. The zero-order valence-corrected chi connectivity index (χ0v) is 18.4. The van der Waals surface area contributed by atoms with Crippen LogP contribution in [0, 0.1) is 17.3 Å². The number of hydrogen-bond acceptors (Lipinski definition) is 5. The molecule has 2 N–H and O–H groups in total. The number of nitrogens with zero attached hydrogens (tertiary/aromatic N) is 1. The molecule has 0 spiro atoms. The predicted octanol–water partition coefficient (Wildman–Crippen LogP) is 2.52. The van der Waals surface area contributed by atoms with E-state index in [-0.39, 0.29) is 25.6 Å². The summed E-state index contributed by atoms with van der Waals surface area (Å²) in [5, 5.41) is 19.6. The normalized spacial score (nSPS) is 20.8. The number of amides is 1. The Morgan fingerprint density at radius 1 is 1.22 bits per heavy atom. The summed E-state index contributed by atoms with van der Waals surface area (Å²) in [4.78, 5) is 24.5. The van der Waals surface area contributed by atoms with Gasteiger partial charge in [-0.05, 0) is 36.8 Å². The van der Waals surface area contributed by atoms with Crippen LogP contribution in [0.5, 0.6) is 11.5 Å². The monoisotopic (exact) mass is 437 g/mol. The van der Waals surface area contributed by atoms with E-state index in [1.807, 2.05) is 49.4 Å². The average molecular weight is 437 g/mol. The smallest absolute Gasteiger partial charge is 0.394 e. The number of ether oxygens (including phenoxy) is 2. The lowest BCUT2D eigenvalue weighted by Crippen LogP contribution is -2.39. The lowest BCUT2D eigenvalue weighted by Gasteiger charge is -2.33. The standard InChI is InChI=1S/C25H27NO6/c1-17(27)25(2)16-26(23(28)24(29)30)15-20(25)19-11-12-21(31-3)22(14-19)32-13-7-10-18-8-5-4-6-9-18/h4-6,8-9,11-12,14,17,20,27H,13,15-16H2,1-3H3,(H,29,30)/t17-,20+,25+/m1/s1. The maximum absolute atomic E-state index is 12.1. The third kappa shape index (κ3) is 4.87. The summed E-state index contributed by atoms with van der Waals surface area (Å²) in [7, 11) is 1.54. The third-order valence-corrected chi connectivity index (χ3v) is 6.05. The van der Waals surface area contributed by atoms with Crippen molar-refractivity contribution in [1.29, 1.82) is 0 Å². The van der Waals surface area contributed by atoms with Crippen LogP contribution in [0.3, 0.4) is 0 Å². The number of rotatable bonds is 5. The molecule has 0 aromatic heterocycles. The summed E-state index contributed by atoms with van der Waals surface area (Å²) in [6, 6.07) is 15.0. The number of benzene rings is 2. The summed E-state index contributed by atoms with van der Waals surface area (Å²) in [5.41, 5.74) is 0.990. The summed E-state index contributed by atoms with van der Waals surface area (Å²) in [5.74, 6) is 4.27. The van der Waals surface area contributed by atoms with Gasteiger partial charge in [-0.15, -0.1) is 0 Å². The minimum Gasteiger partial charge on any atom is -0.493 e. The highest BCUT2D eigenvalue weighted by Gasteiger charge is 2.49. The second-order valence-electron chi connectivity index (χ2n) is 8.09. The van der Waals surface area contributed by atoms with Crippen molar-refractivity contribution in [2.45, 2.75) is 25.9 Å². The number of carboxylic acid groups (broad SMARTS) is 1. The highest BCUT2D eigenvalue weighted by molar-refractivity contribution is 6.31. The summed E-state index contributed by atoms with van der Waals surface area (Å²) in [6.45, 7) is 3.99. The van der Waals surface area contributed by atoms with Crippen LogP contribution in [0.1, 0.15) is 30.9 Å². The molecule has 0 unspecified atom stereocenters. The first-order chi connectivity index (χ1) is 15.3. The Kier molecular flexibility index (Phi) is 7.06. The van der Waals surface area contributed by atoms with Gasteiger partial charge in [0, 0.05) is 30.0 Å². The van der Waals surface area contributed by atoms with Gasteiger partial charge < -0.3 is 24.6 Å². The van der Waals surface area contributed by atoms with E-state index in [1.165, 1.54) is 4.90 Å². The first-order valence-corrected chi connectivity index (χ1v) is 10.3. The van der Waals surface area contributed by atoms with Crippen LogP contribution in [0.4, 0.5) is 0 Å². The van der Waals surface area contributed by atoms with Gasteiger partial charge in [0.25, 0.3) is 0 Å². The van der Waals surface area contributed by atoms with Crippen LogP contribution in [-0.2, 0) is 9.59 Å². The number of methoxy groups -OCH3 is 1. The van der Waals surface area contributed by atoms with E-state index >= 15 is 0 Å². The Labute approximate surface area is 187 Å². The van der Waals surface area contributed by atoms with Gasteiger partial charge >= 0.3 is 11.9 Å². The second kappa shape index (κ2) is 9.75. The number of hydrogen-bond donors (Lipinski definition) is 2. The van der Waals surface area contributed by atoms with Crippen LogP contribution in [-0.4, -0.2) is 59.9 Å². The lowest BCUT2D eigenvalue weighted by atomic mass is 9.72. The zero-order valence-electron chi connectivity index (χ0n) is 18.4. The Bertz CT molecular complexity index is 1040. The molecule has 168 valence electrons. The van der Waals surface area contributed by atoms with Crippen molar-refractivity contribution < 1.29 is 29.3 Å². The quantitative estimate of drug-likeness (QED) is 0.551. The molecular weight excluding hydrogens is 410 g/mol. The summed E-state index contributed by atoms with van der Waals surface area (Å²) >= 11 is 0. The molecule has 2 aromatic carbocycles. The molecule has 3 atom stereocenters. The molecule has 0 saturated carbocycles. The van der Waals surface area contributed by atoms with E-state index in [0.29, 0.717) is 11.5 Å². The number of carbonyl (C=O) groups is 2. The fraction of sp³-hybridized carbons (Fsp3) is 0.360. The van der Waals surface area contributed by atoms with Crippen molar-refractivity contribution in [3.63, 3.8) is 0 Å². The van der Waals surface area contributed by atoms with E-state index in [0.717, 1.165) is 11.1 Å². The molecule has 1 saturated heterocycles. The van der Waals surface area contributed by atoms with Gasteiger partial charge in [-0.25, -0.2) is 4.79 Å². The fourth-order valence-electron chi connectivity index (χ4n) is 4.01. The molecule has 7 nitrogen and oxygen atoms in total. The highest BCUT2D eigenvalue weighted by Crippen LogP contribution is 2.46. The largest absolute Gasteiger partial charge is 0.493 e. The zero-order chi connectivity index (χ0) is 23.3. The number of aliphatic hydroxyl groups excluding tert-OH is 1. The Morgan fingerprint density at radius 2 is 1.94 bits per heavy atom.